The van der Waals surface area contributed by atoms with Crippen LogP contribution >= 0.6 is 0 Å². The molecule has 1 aromatic carbocycles. The van der Waals surface area contributed by atoms with Gasteiger partial charge in [-0.15, -0.1) is 0 Å². The molecule has 0 bridgehead atoms. The molecule has 1 N–H and O–H groups in total. The number of carbonyl (C=O) groups is 1. The van der Waals surface area contributed by atoms with Crippen LogP contribution in [0, 0.1) is 0 Å². The van der Waals surface area contributed by atoms with Crippen molar-refractivity contribution in [2.75, 3.05) is 43.0 Å². The number of nitrogens with zero attached hydrogens (tertiary/aromatic N) is 3. The lowest BCUT2D eigenvalue weighted by Crippen LogP contribution is -2.53. The second kappa shape index (κ2) is 7.33. The molecular weight excluding hydrogens is 324 g/mol. The van der Waals surface area contributed by atoms with E-state index in [9.17, 15) is 14.4 Å². The average molecular weight is 344 g/mol. The van der Waals surface area contributed by atoms with Crippen LogP contribution in [-0.4, -0.2) is 48.8 Å². The van der Waals surface area contributed by atoms with Crippen LogP contribution in [0.5, 0.6) is 0 Å². The number of ether oxygens (including phenoxy) is 1. The zero-order valence-corrected chi connectivity index (χ0v) is 14.0. The van der Waals surface area contributed by atoms with Crippen LogP contribution in [0.3, 0.4) is 0 Å². The highest BCUT2D eigenvalue weighted by atomic mass is 16.6. The highest BCUT2D eigenvalue weighted by Gasteiger charge is 2.30. The Morgan fingerprint density at radius 1 is 1.20 bits per heavy atom. The third kappa shape index (κ3) is 3.47. The molecule has 1 fully saturated rings. The van der Waals surface area contributed by atoms with Crippen molar-refractivity contribution >= 4 is 17.5 Å². The number of hydrogen-bond acceptors (Lipinski definition) is 7. The monoisotopic (exact) mass is 344 g/mol. The van der Waals surface area contributed by atoms with Crippen molar-refractivity contribution < 1.29 is 9.53 Å². The number of anilines is 2. The first-order valence-corrected chi connectivity index (χ1v) is 8.25. The average Bonchev–Trinajstić information content (AvgIpc) is 2.65. The van der Waals surface area contributed by atoms with Crippen molar-refractivity contribution in [3.63, 3.8) is 0 Å². The topological polar surface area (TPSA) is 91.8 Å². The largest absolute Gasteiger partial charge is 0.450 e. The molecule has 0 spiro atoms. The summed E-state index contributed by atoms with van der Waals surface area (Å²) >= 11 is 0. The van der Waals surface area contributed by atoms with Crippen LogP contribution in [0.1, 0.15) is 12.6 Å². The highest BCUT2D eigenvalue weighted by molar-refractivity contribution is 5.76. The van der Waals surface area contributed by atoms with E-state index in [-0.39, 0.29) is 6.09 Å². The summed E-state index contributed by atoms with van der Waals surface area (Å²) in [5.41, 5.74) is 0.546. The van der Waals surface area contributed by atoms with Crippen molar-refractivity contribution in [3.05, 3.63) is 50.5 Å². The number of nitrogens with one attached hydrogen (secondary N) is 1. The predicted molar refractivity (Wildman–Crippen MR) is 93.7 cm³/mol. The molecule has 1 aliphatic rings. The van der Waals surface area contributed by atoms with Gasteiger partial charge in [0.2, 0.25) is 0 Å². The minimum absolute atomic E-state index is 0.332. The van der Waals surface area contributed by atoms with Gasteiger partial charge in [-0.1, -0.05) is 6.07 Å². The highest BCUT2D eigenvalue weighted by Crippen LogP contribution is 2.22. The maximum absolute atomic E-state index is 12.0. The normalized spacial score (nSPS) is 14.6. The fourth-order valence-corrected chi connectivity index (χ4v) is 2.85. The summed E-state index contributed by atoms with van der Waals surface area (Å²) in [5.74, 6) is 0. The molecule has 1 amide bonds. The fraction of sp³-hybridized carbons (Fsp3) is 0.412. The van der Waals surface area contributed by atoms with Gasteiger partial charge in [-0.2, -0.15) is 0 Å². The Balaban J connectivity index is 1.64. The maximum atomic E-state index is 12.0. The van der Waals surface area contributed by atoms with Crippen LogP contribution in [-0.2, 0) is 11.3 Å². The third-order valence-electron chi connectivity index (χ3n) is 4.18. The lowest BCUT2D eigenvalue weighted by molar-refractivity contribution is 0.105. The van der Waals surface area contributed by atoms with Crippen molar-refractivity contribution in [3.8, 4) is 0 Å². The second-order valence-corrected chi connectivity index (χ2v) is 5.73. The predicted octanol–water partition coefficient (Wildman–Crippen LogP) is 0.568. The number of amides is 1. The molecule has 2 heterocycles. The van der Waals surface area contributed by atoms with Gasteiger partial charge in [-0.3, -0.25) is 14.6 Å². The molecule has 1 aromatic heterocycles. The lowest BCUT2D eigenvalue weighted by Gasteiger charge is -2.36. The molecular formula is C17H20N4O4. The molecule has 132 valence electrons. The molecule has 3 rings (SSSR count). The van der Waals surface area contributed by atoms with E-state index in [1.807, 2.05) is 23.1 Å². The molecule has 0 saturated carbocycles. The summed E-state index contributed by atoms with van der Waals surface area (Å²) in [6, 6.07) is 5.52. The summed E-state index contributed by atoms with van der Waals surface area (Å²) in [6.07, 6.45) is 1.33. The number of piperazine rings is 1. The summed E-state index contributed by atoms with van der Waals surface area (Å²) < 4.78 is 4.98. The van der Waals surface area contributed by atoms with Gasteiger partial charge in [-0.05, 0) is 19.1 Å². The molecule has 2 aromatic rings. The van der Waals surface area contributed by atoms with E-state index in [1.165, 1.54) is 0 Å². The standard InChI is InChI=1S/C17H20N4O4/c1-2-25-17(24)21-9-7-20(8-10-21)14-13(15(22)16(14)23)19-11-12-5-3-4-6-18-12/h3-6,19H,2,7-11H2,1H3. The quantitative estimate of drug-likeness (QED) is 0.793. The molecule has 1 aliphatic heterocycles. The Bertz CT molecular complexity index is 806. The van der Waals surface area contributed by atoms with Crippen LogP contribution < -0.4 is 21.1 Å². The Morgan fingerprint density at radius 2 is 1.96 bits per heavy atom. The minimum Gasteiger partial charge on any atom is -0.450 e. The number of pyridine rings is 1. The second-order valence-electron chi connectivity index (χ2n) is 5.73. The number of hydrogen-bond donors (Lipinski definition) is 1. The van der Waals surface area contributed by atoms with Crippen LogP contribution in [0.4, 0.5) is 16.2 Å². The minimum atomic E-state index is -0.501. The van der Waals surface area contributed by atoms with Gasteiger partial charge in [0.05, 0.1) is 18.8 Å². The summed E-state index contributed by atoms with van der Waals surface area (Å²) in [4.78, 5) is 43.2. The summed E-state index contributed by atoms with van der Waals surface area (Å²) in [6.45, 7) is 4.36. The van der Waals surface area contributed by atoms with Gasteiger partial charge in [-0.25, -0.2) is 4.79 Å². The summed E-state index contributed by atoms with van der Waals surface area (Å²) in [7, 11) is 0. The van der Waals surface area contributed by atoms with E-state index >= 15 is 0 Å². The molecule has 8 heteroatoms. The number of carbonyl (C=O) groups excluding carboxylic acids is 1. The van der Waals surface area contributed by atoms with E-state index in [0.717, 1.165) is 5.69 Å². The molecule has 25 heavy (non-hydrogen) atoms. The van der Waals surface area contributed by atoms with Crippen molar-refractivity contribution in [1.82, 2.24) is 9.88 Å². The van der Waals surface area contributed by atoms with Crippen LogP contribution in [0.15, 0.2) is 34.0 Å². The van der Waals surface area contributed by atoms with Gasteiger partial charge >= 0.3 is 6.09 Å². The SMILES string of the molecule is CCOC(=O)N1CCN(c2c(NCc3ccccn3)c(=O)c2=O)CC1. The van der Waals surface area contributed by atoms with Crippen molar-refractivity contribution in [1.29, 1.82) is 0 Å². The van der Waals surface area contributed by atoms with Gasteiger partial charge in [0.1, 0.15) is 11.4 Å². The molecule has 0 atom stereocenters. The maximum Gasteiger partial charge on any atom is 0.409 e. The van der Waals surface area contributed by atoms with E-state index in [0.29, 0.717) is 50.7 Å². The van der Waals surface area contributed by atoms with Crippen LogP contribution in [0.25, 0.3) is 0 Å². The zero-order chi connectivity index (χ0) is 17.8. The first-order chi connectivity index (χ1) is 12.1. The fourth-order valence-electron chi connectivity index (χ4n) is 2.85. The first-order valence-electron chi connectivity index (χ1n) is 8.25. The van der Waals surface area contributed by atoms with E-state index in [2.05, 4.69) is 10.3 Å². The lowest BCUT2D eigenvalue weighted by atomic mass is 10.1. The Morgan fingerprint density at radius 3 is 2.60 bits per heavy atom. The van der Waals surface area contributed by atoms with Crippen molar-refractivity contribution in [2.45, 2.75) is 13.5 Å². The van der Waals surface area contributed by atoms with Crippen LogP contribution in [0.2, 0.25) is 0 Å². The third-order valence-corrected chi connectivity index (χ3v) is 4.18. The van der Waals surface area contributed by atoms with Gasteiger partial charge in [0.15, 0.2) is 0 Å². The Kier molecular flexibility index (Phi) is 4.97. The summed E-state index contributed by atoms with van der Waals surface area (Å²) in [5, 5.41) is 3.02. The Hall–Kier alpha value is -2.90. The van der Waals surface area contributed by atoms with Gasteiger partial charge < -0.3 is 19.9 Å². The Labute approximate surface area is 144 Å². The van der Waals surface area contributed by atoms with Crippen molar-refractivity contribution in [2.24, 2.45) is 0 Å². The molecule has 8 nitrogen and oxygen atoms in total. The van der Waals surface area contributed by atoms with Gasteiger partial charge in [0, 0.05) is 32.4 Å². The zero-order valence-electron chi connectivity index (χ0n) is 14.0. The van der Waals surface area contributed by atoms with Gasteiger partial charge in [0.25, 0.3) is 10.9 Å². The van der Waals surface area contributed by atoms with E-state index < -0.39 is 10.9 Å². The number of aromatic nitrogens is 1. The molecule has 1 saturated heterocycles. The smallest absolute Gasteiger partial charge is 0.409 e. The van der Waals surface area contributed by atoms with E-state index in [4.69, 9.17) is 4.74 Å². The molecule has 0 aliphatic carbocycles. The molecule has 0 radical (unpaired) electrons. The number of rotatable bonds is 5. The first kappa shape index (κ1) is 16.9. The molecule has 0 unspecified atom stereocenters. The van der Waals surface area contributed by atoms with E-state index in [1.54, 1.807) is 18.0 Å².